The molecular formula is C22H26O2. The maximum Gasteiger partial charge on any atom is 0.123 e. The first-order valence-corrected chi connectivity index (χ1v) is 8.96. The van der Waals surface area contributed by atoms with Gasteiger partial charge in [-0.15, -0.1) is 0 Å². The molecule has 2 aromatic carbocycles. The van der Waals surface area contributed by atoms with Crippen LogP contribution in [-0.4, -0.2) is 16.3 Å². The van der Waals surface area contributed by atoms with Crippen LogP contribution in [0.5, 0.6) is 0 Å². The zero-order chi connectivity index (χ0) is 17.0. The highest BCUT2D eigenvalue weighted by Crippen LogP contribution is 2.72. The molecule has 0 unspecified atom stereocenters. The monoisotopic (exact) mass is 322 g/mol. The lowest BCUT2D eigenvalue weighted by Crippen LogP contribution is -2.56. The molecule has 0 saturated heterocycles. The normalized spacial score (nSPS) is 31.3. The van der Waals surface area contributed by atoms with Gasteiger partial charge in [-0.3, -0.25) is 0 Å². The van der Waals surface area contributed by atoms with Crippen molar-refractivity contribution in [2.75, 3.05) is 0 Å². The summed E-state index contributed by atoms with van der Waals surface area (Å²) in [6.45, 7) is 4.47. The number of aliphatic hydroxyl groups excluding tert-OH is 1. The van der Waals surface area contributed by atoms with Crippen molar-refractivity contribution < 1.29 is 10.2 Å². The largest absolute Gasteiger partial charge is 0.392 e. The molecule has 4 rings (SSSR count). The van der Waals surface area contributed by atoms with E-state index >= 15 is 0 Å². The molecule has 2 saturated carbocycles. The summed E-state index contributed by atoms with van der Waals surface area (Å²) in [5, 5.41) is 23.4. The van der Waals surface area contributed by atoms with Gasteiger partial charge in [0, 0.05) is 5.41 Å². The highest BCUT2D eigenvalue weighted by Gasteiger charge is 2.72. The van der Waals surface area contributed by atoms with E-state index in [2.05, 4.69) is 13.8 Å². The van der Waals surface area contributed by atoms with Gasteiger partial charge in [0.1, 0.15) is 5.60 Å². The lowest BCUT2D eigenvalue weighted by molar-refractivity contribution is -0.152. The van der Waals surface area contributed by atoms with Gasteiger partial charge >= 0.3 is 0 Å². The minimum Gasteiger partial charge on any atom is -0.392 e. The molecule has 2 heteroatoms. The van der Waals surface area contributed by atoms with E-state index in [1.165, 1.54) is 0 Å². The topological polar surface area (TPSA) is 40.5 Å². The average molecular weight is 322 g/mol. The summed E-state index contributed by atoms with van der Waals surface area (Å²) >= 11 is 0. The Hall–Kier alpha value is -1.64. The second-order valence-corrected chi connectivity index (χ2v) is 8.12. The van der Waals surface area contributed by atoms with Crippen molar-refractivity contribution in [3.05, 3.63) is 71.8 Å². The van der Waals surface area contributed by atoms with Crippen LogP contribution in [0.4, 0.5) is 0 Å². The quantitative estimate of drug-likeness (QED) is 0.893. The minimum atomic E-state index is -1.19. The van der Waals surface area contributed by atoms with Crippen LogP contribution in [0.15, 0.2) is 60.7 Å². The Balaban J connectivity index is 2.02. The molecule has 0 aliphatic heterocycles. The Kier molecular flexibility index (Phi) is 3.42. The van der Waals surface area contributed by atoms with E-state index in [-0.39, 0.29) is 5.41 Å². The summed E-state index contributed by atoms with van der Waals surface area (Å²) in [5.74, 6) is 0.464. The Morgan fingerprint density at radius 2 is 1.42 bits per heavy atom. The average Bonchev–Trinajstić information content (AvgIpc) is 2.98. The zero-order valence-corrected chi connectivity index (χ0v) is 14.4. The van der Waals surface area contributed by atoms with Crippen LogP contribution >= 0.6 is 0 Å². The van der Waals surface area contributed by atoms with Crippen molar-refractivity contribution in [1.82, 2.24) is 0 Å². The second kappa shape index (κ2) is 5.18. The van der Waals surface area contributed by atoms with Gasteiger partial charge in [0.15, 0.2) is 0 Å². The molecule has 24 heavy (non-hydrogen) atoms. The Labute approximate surface area is 144 Å². The van der Waals surface area contributed by atoms with E-state index in [0.717, 1.165) is 30.4 Å². The van der Waals surface area contributed by atoms with Gasteiger partial charge in [-0.2, -0.15) is 0 Å². The predicted octanol–water partition coefficient (Wildman–Crippen LogP) is 4.11. The van der Waals surface area contributed by atoms with Crippen molar-refractivity contribution in [3.63, 3.8) is 0 Å². The van der Waals surface area contributed by atoms with Crippen LogP contribution in [-0.2, 0) is 5.60 Å². The molecule has 2 nitrogen and oxygen atoms in total. The molecule has 0 amide bonds. The lowest BCUT2D eigenvalue weighted by Gasteiger charge is -2.53. The molecule has 2 aromatic rings. The standard InChI is InChI=1S/C22H26O2/c1-20(2)18-13-14-21(20,19(23)15-18)22(24,16-9-5-3-6-10-16)17-11-7-4-8-12-17/h3-12,18-19,23-24H,13-15H2,1-2H3/t18-,19-,21-/m0/s1. The second-order valence-electron chi connectivity index (χ2n) is 8.12. The van der Waals surface area contributed by atoms with Crippen molar-refractivity contribution in [2.24, 2.45) is 16.7 Å². The third-order valence-corrected chi connectivity index (χ3v) is 7.16. The van der Waals surface area contributed by atoms with Crippen LogP contribution in [0.3, 0.4) is 0 Å². The predicted molar refractivity (Wildman–Crippen MR) is 95.4 cm³/mol. The molecule has 2 fully saturated rings. The van der Waals surface area contributed by atoms with Crippen molar-refractivity contribution in [2.45, 2.75) is 44.8 Å². The number of rotatable bonds is 3. The highest BCUT2D eigenvalue weighted by molar-refractivity contribution is 5.42. The Morgan fingerprint density at radius 3 is 1.79 bits per heavy atom. The maximum absolute atomic E-state index is 12.3. The first-order valence-electron chi connectivity index (χ1n) is 8.96. The van der Waals surface area contributed by atoms with Gasteiger partial charge in [-0.05, 0) is 41.7 Å². The van der Waals surface area contributed by atoms with E-state index < -0.39 is 17.1 Å². The number of fused-ring (bicyclic) bond motifs is 2. The van der Waals surface area contributed by atoms with E-state index in [0.29, 0.717) is 5.92 Å². The molecule has 2 aliphatic carbocycles. The summed E-state index contributed by atoms with van der Waals surface area (Å²) in [6, 6.07) is 19.8. The Morgan fingerprint density at radius 1 is 0.917 bits per heavy atom. The summed E-state index contributed by atoms with van der Waals surface area (Å²) in [5.41, 5.74) is -0.110. The van der Waals surface area contributed by atoms with E-state index in [4.69, 9.17) is 0 Å². The fraction of sp³-hybridized carbons (Fsp3) is 0.455. The van der Waals surface area contributed by atoms with Crippen LogP contribution in [0.25, 0.3) is 0 Å². The van der Waals surface area contributed by atoms with E-state index in [9.17, 15) is 10.2 Å². The first kappa shape index (κ1) is 15.9. The third-order valence-electron chi connectivity index (χ3n) is 7.16. The van der Waals surface area contributed by atoms with Gasteiger partial charge in [-0.1, -0.05) is 74.5 Å². The van der Waals surface area contributed by atoms with E-state index in [1.807, 2.05) is 60.7 Å². The summed E-state index contributed by atoms with van der Waals surface area (Å²) < 4.78 is 0. The van der Waals surface area contributed by atoms with Gasteiger partial charge in [0.05, 0.1) is 6.10 Å². The number of benzene rings is 2. The molecular weight excluding hydrogens is 296 g/mol. The number of hydrogen-bond donors (Lipinski definition) is 2. The number of hydrogen-bond acceptors (Lipinski definition) is 2. The summed E-state index contributed by atoms with van der Waals surface area (Å²) in [4.78, 5) is 0. The molecule has 2 bridgehead atoms. The smallest absolute Gasteiger partial charge is 0.123 e. The molecule has 126 valence electrons. The third kappa shape index (κ3) is 1.73. The molecule has 3 atom stereocenters. The van der Waals surface area contributed by atoms with Gasteiger partial charge < -0.3 is 10.2 Å². The minimum absolute atomic E-state index is 0.118. The van der Waals surface area contributed by atoms with Gasteiger partial charge in [0.2, 0.25) is 0 Å². The molecule has 2 aliphatic rings. The zero-order valence-electron chi connectivity index (χ0n) is 14.4. The summed E-state index contributed by atoms with van der Waals surface area (Å²) in [6.07, 6.45) is 2.23. The van der Waals surface area contributed by atoms with Crippen LogP contribution in [0.1, 0.15) is 44.2 Å². The van der Waals surface area contributed by atoms with Crippen molar-refractivity contribution >= 4 is 0 Å². The molecule has 0 heterocycles. The number of aliphatic hydroxyl groups is 2. The maximum atomic E-state index is 12.3. The fourth-order valence-corrected chi connectivity index (χ4v) is 5.86. The molecule has 0 radical (unpaired) electrons. The first-order chi connectivity index (χ1) is 11.4. The molecule has 0 aromatic heterocycles. The molecule has 2 N–H and O–H groups in total. The lowest BCUT2D eigenvalue weighted by atomic mass is 9.54. The van der Waals surface area contributed by atoms with E-state index in [1.54, 1.807) is 0 Å². The fourth-order valence-electron chi connectivity index (χ4n) is 5.86. The van der Waals surface area contributed by atoms with Crippen molar-refractivity contribution in [3.8, 4) is 0 Å². The SMILES string of the molecule is CC1(C)[C@H]2CC[C@]1(C(O)(c1ccccc1)c1ccccc1)[C@@H](O)C2. The van der Waals surface area contributed by atoms with Crippen LogP contribution < -0.4 is 0 Å². The highest BCUT2D eigenvalue weighted by atomic mass is 16.3. The van der Waals surface area contributed by atoms with Gasteiger partial charge in [0.25, 0.3) is 0 Å². The van der Waals surface area contributed by atoms with Crippen LogP contribution in [0.2, 0.25) is 0 Å². The summed E-state index contributed by atoms with van der Waals surface area (Å²) in [7, 11) is 0. The van der Waals surface area contributed by atoms with Crippen molar-refractivity contribution in [1.29, 1.82) is 0 Å². The van der Waals surface area contributed by atoms with Crippen LogP contribution in [0, 0.1) is 16.7 Å². The molecule has 0 spiro atoms. The van der Waals surface area contributed by atoms with Gasteiger partial charge in [-0.25, -0.2) is 0 Å². The Bertz CT molecular complexity index is 683.